The van der Waals surface area contributed by atoms with Gasteiger partial charge in [0.1, 0.15) is 5.69 Å². The Balaban J connectivity index is 2.61. The highest BCUT2D eigenvalue weighted by molar-refractivity contribution is 5.86. The molecule has 0 saturated carbocycles. The third kappa shape index (κ3) is 1.57. The maximum Gasteiger partial charge on any atom is 0.326 e. The molecule has 5 nitrogen and oxygen atoms in total. The quantitative estimate of drug-likeness (QED) is 0.771. The summed E-state index contributed by atoms with van der Waals surface area (Å²) in [5.41, 5.74) is 7.29. The Morgan fingerprint density at radius 3 is 3.00 bits per heavy atom. The summed E-state index contributed by atoms with van der Waals surface area (Å²) in [6.45, 7) is 1.91. The number of benzene rings is 1. The molecular weight excluding hydrogens is 196 g/mol. The summed E-state index contributed by atoms with van der Waals surface area (Å²) >= 11 is 0. The number of hydrogen-bond acceptors (Lipinski definition) is 4. The molecule has 0 fully saturated rings. The van der Waals surface area contributed by atoms with Crippen molar-refractivity contribution in [2.75, 3.05) is 0 Å². The lowest BCUT2D eigenvalue weighted by Gasteiger charge is -2.01. The summed E-state index contributed by atoms with van der Waals surface area (Å²) in [7, 11) is 0. The van der Waals surface area contributed by atoms with Crippen LogP contribution in [-0.4, -0.2) is 16.2 Å². The van der Waals surface area contributed by atoms with Crippen molar-refractivity contribution in [1.82, 2.24) is 5.16 Å². The van der Waals surface area contributed by atoms with Crippen LogP contribution >= 0.6 is 0 Å². The van der Waals surface area contributed by atoms with Crippen LogP contribution < -0.4 is 5.73 Å². The second-order valence-electron chi connectivity index (χ2n) is 3.38. The van der Waals surface area contributed by atoms with Gasteiger partial charge >= 0.3 is 5.97 Å². The predicted molar refractivity (Wildman–Crippen MR) is 53.3 cm³/mol. The SMILES string of the molecule is Cc1ccc2onc([C@@H](N)C(=O)O)c2c1. The van der Waals surface area contributed by atoms with Gasteiger partial charge in [-0.2, -0.15) is 0 Å². The molecule has 1 heterocycles. The molecule has 5 heteroatoms. The molecule has 15 heavy (non-hydrogen) atoms. The minimum atomic E-state index is -1.15. The van der Waals surface area contributed by atoms with Crippen LogP contribution in [0.2, 0.25) is 0 Å². The van der Waals surface area contributed by atoms with Crippen LogP contribution in [0.3, 0.4) is 0 Å². The highest BCUT2D eigenvalue weighted by Gasteiger charge is 2.21. The van der Waals surface area contributed by atoms with E-state index in [9.17, 15) is 4.79 Å². The standard InChI is InChI=1S/C10H10N2O3/c1-5-2-3-7-6(4-5)9(12-15-7)8(11)10(13)14/h2-4,8H,11H2,1H3,(H,13,14)/t8-/m1/s1. The summed E-state index contributed by atoms with van der Waals surface area (Å²) < 4.78 is 4.98. The van der Waals surface area contributed by atoms with Crippen molar-refractivity contribution in [2.45, 2.75) is 13.0 Å². The fourth-order valence-electron chi connectivity index (χ4n) is 1.41. The first-order valence-corrected chi connectivity index (χ1v) is 4.44. The van der Waals surface area contributed by atoms with Crippen LogP contribution in [-0.2, 0) is 4.79 Å². The van der Waals surface area contributed by atoms with E-state index < -0.39 is 12.0 Å². The van der Waals surface area contributed by atoms with Gasteiger partial charge in [-0.3, -0.25) is 4.79 Å². The summed E-state index contributed by atoms with van der Waals surface area (Å²) in [5, 5.41) is 13.1. The van der Waals surface area contributed by atoms with Gasteiger partial charge in [0.2, 0.25) is 0 Å². The zero-order chi connectivity index (χ0) is 11.0. The Kier molecular flexibility index (Phi) is 2.17. The number of aliphatic carboxylic acids is 1. The number of carboxylic acid groups (broad SMARTS) is 1. The average molecular weight is 206 g/mol. The predicted octanol–water partition coefficient (Wildman–Crippen LogP) is 1.22. The van der Waals surface area contributed by atoms with Gasteiger partial charge in [-0.05, 0) is 19.1 Å². The molecule has 0 amide bonds. The number of fused-ring (bicyclic) bond motifs is 1. The Morgan fingerprint density at radius 1 is 1.60 bits per heavy atom. The topological polar surface area (TPSA) is 89.4 Å². The molecule has 2 aromatic rings. The van der Waals surface area contributed by atoms with Gasteiger partial charge in [-0.15, -0.1) is 0 Å². The fourth-order valence-corrected chi connectivity index (χ4v) is 1.41. The van der Waals surface area contributed by atoms with Crippen molar-refractivity contribution in [2.24, 2.45) is 5.73 Å². The highest BCUT2D eigenvalue weighted by atomic mass is 16.5. The molecule has 3 N–H and O–H groups in total. The number of nitrogens with two attached hydrogens (primary N) is 1. The van der Waals surface area contributed by atoms with Crippen LogP contribution in [0.25, 0.3) is 11.0 Å². The molecule has 78 valence electrons. The minimum absolute atomic E-state index is 0.265. The normalized spacial score (nSPS) is 12.9. The van der Waals surface area contributed by atoms with Gasteiger partial charge in [-0.25, -0.2) is 0 Å². The van der Waals surface area contributed by atoms with Gasteiger partial charge in [0.15, 0.2) is 11.6 Å². The largest absolute Gasteiger partial charge is 0.480 e. The molecule has 0 aliphatic carbocycles. The van der Waals surface area contributed by atoms with E-state index in [1.165, 1.54) is 0 Å². The second-order valence-corrected chi connectivity index (χ2v) is 3.38. The van der Waals surface area contributed by atoms with Crippen LogP contribution in [0.1, 0.15) is 17.3 Å². The van der Waals surface area contributed by atoms with Crippen molar-refractivity contribution in [1.29, 1.82) is 0 Å². The minimum Gasteiger partial charge on any atom is -0.480 e. The molecule has 0 aliphatic heterocycles. The first-order chi connectivity index (χ1) is 7.09. The Labute approximate surface area is 85.5 Å². The first-order valence-electron chi connectivity index (χ1n) is 4.44. The molecule has 0 saturated heterocycles. The summed E-state index contributed by atoms with van der Waals surface area (Å²) in [5.74, 6) is -1.12. The van der Waals surface area contributed by atoms with Crippen molar-refractivity contribution in [3.8, 4) is 0 Å². The molecule has 0 bridgehead atoms. The third-order valence-electron chi connectivity index (χ3n) is 2.21. The van der Waals surface area contributed by atoms with Gasteiger partial charge in [0, 0.05) is 5.39 Å². The van der Waals surface area contributed by atoms with E-state index >= 15 is 0 Å². The monoisotopic (exact) mass is 206 g/mol. The summed E-state index contributed by atoms with van der Waals surface area (Å²) in [6.07, 6.45) is 0. The Morgan fingerprint density at radius 2 is 2.33 bits per heavy atom. The van der Waals surface area contributed by atoms with Crippen LogP contribution in [0.5, 0.6) is 0 Å². The first kappa shape index (κ1) is 9.67. The number of carbonyl (C=O) groups is 1. The van der Waals surface area contributed by atoms with Crippen LogP contribution in [0.4, 0.5) is 0 Å². The van der Waals surface area contributed by atoms with Crippen molar-refractivity contribution in [3.63, 3.8) is 0 Å². The molecule has 0 spiro atoms. The number of nitrogens with zero attached hydrogens (tertiary/aromatic N) is 1. The maximum atomic E-state index is 10.7. The second kappa shape index (κ2) is 3.36. The van der Waals surface area contributed by atoms with Crippen LogP contribution in [0.15, 0.2) is 22.7 Å². The lowest BCUT2D eigenvalue weighted by atomic mass is 10.1. The molecule has 1 aromatic carbocycles. The number of aryl methyl sites for hydroxylation is 1. The number of aromatic nitrogens is 1. The number of rotatable bonds is 2. The van der Waals surface area contributed by atoms with E-state index in [4.69, 9.17) is 15.4 Å². The van der Waals surface area contributed by atoms with Crippen molar-refractivity contribution < 1.29 is 14.4 Å². The average Bonchev–Trinajstić information content (AvgIpc) is 2.59. The van der Waals surface area contributed by atoms with Gasteiger partial charge in [0.05, 0.1) is 0 Å². The molecular formula is C10H10N2O3. The zero-order valence-corrected chi connectivity index (χ0v) is 8.10. The van der Waals surface area contributed by atoms with Crippen molar-refractivity contribution in [3.05, 3.63) is 29.5 Å². The smallest absolute Gasteiger partial charge is 0.326 e. The van der Waals surface area contributed by atoms with Crippen LogP contribution in [0, 0.1) is 6.92 Å². The molecule has 2 rings (SSSR count). The molecule has 0 aliphatic rings. The lowest BCUT2D eigenvalue weighted by Crippen LogP contribution is -2.21. The van der Waals surface area contributed by atoms with E-state index in [-0.39, 0.29) is 5.69 Å². The fraction of sp³-hybridized carbons (Fsp3) is 0.200. The van der Waals surface area contributed by atoms with Gasteiger partial charge < -0.3 is 15.4 Å². The van der Waals surface area contributed by atoms with E-state index in [0.29, 0.717) is 11.0 Å². The van der Waals surface area contributed by atoms with E-state index in [1.807, 2.05) is 19.1 Å². The number of hydrogen-bond donors (Lipinski definition) is 2. The highest BCUT2D eigenvalue weighted by Crippen LogP contribution is 2.23. The summed E-state index contributed by atoms with van der Waals surface area (Å²) in [6, 6.07) is 4.27. The van der Waals surface area contributed by atoms with Gasteiger partial charge in [-0.1, -0.05) is 16.8 Å². The maximum absolute atomic E-state index is 10.7. The third-order valence-corrected chi connectivity index (χ3v) is 2.21. The van der Waals surface area contributed by atoms with E-state index in [0.717, 1.165) is 5.56 Å². The molecule has 1 aromatic heterocycles. The lowest BCUT2D eigenvalue weighted by molar-refractivity contribution is -0.138. The zero-order valence-electron chi connectivity index (χ0n) is 8.10. The van der Waals surface area contributed by atoms with Gasteiger partial charge in [0.25, 0.3) is 0 Å². The Hall–Kier alpha value is -1.88. The molecule has 0 radical (unpaired) electrons. The number of carboxylic acids is 1. The van der Waals surface area contributed by atoms with E-state index in [2.05, 4.69) is 5.16 Å². The van der Waals surface area contributed by atoms with E-state index in [1.54, 1.807) is 6.07 Å². The molecule has 0 unspecified atom stereocenters. The van der Waals surface area contributed by atoms with Crippen molar-refractivity contribution >= 4 is 16.9 Å². The Bertz CT molecular complexity index is 518. The summed E-state index contributed by atoms with van der Waals surface area (Å²) in [4.78, 5) is 10.7. The molecule has 1 atom stereocenters.